The molecular weight excluding hydrogens is 400 g/mol. The van der Waals surface area contributed by atoms with E-state index in [2.05, 4.69) is 15.2 Å². The van der Waals surface area contributed by atoms with Gasteiger partial charge in [-0.1, -0.05) is 31.5 Å². The number of hydrogen-bond donors (Lipinski definition) is 1. The highest BCUT2D eigenvalue weighted by molar-refractivity contribution is 5.84. The maximum Gasteiger partial charge on any atom is 0.405 e. The minimum Gasteiger partial charge on any atom is -0.480 e. The molecular formula is C22H26N4O5. The highest BCUT2D eigenvalue weighted by Crippen LogP contribution is 2.33. The summed E-state index contributed by atoms with van der Waals surface area (Å²) in [6.45, 7) is 1.85. The standard InChI is InChI=1S/C22H26N4O5/c1-3-15(27)10-5-4-6-12-18(30-22(23)28)21-26-25-20(31-21)16-13-14-9-7-8-11-17(14)24-19(16)29-2/h7-9,11,13,18H,3-6,10,12H2,1-2H3,(H2,23,28). The van der Waals surface area contributed by atoms with Gasteiger partial charge in [-0.05, 0) is 31.4 Å². The Kier molecular flexibility index (Phi) is 7.53. The number of benzene rings is 1. The Balaban J connectivity index is 1.76. The number of hydrogen-bond acceptors (Lipinski definition) is 8. The lowest BCUT2D eigenvalue weighted by Gasteiger charge is -2.12. The monoisotopic (exact) mass is 426 g/mol. The average Bonchev–Trinajstić information content (AvgIpc) is 3.26. The predicted octanol–water partition coefficient (Wildman–Crippen LogP) is 4.36. The first-order valence-corrected chi connectivity index (χ1v) is 10.3. The van der Waals surface area contributed by atoms with Gasteiger partial charge >= 0.3 is 6.09 Å². The molecule has 1 amide bonds. The molecule has 2 heterocycles. The van der Waals surface area contributed by atoms with Crippen molar-refractivity contribution in [3.63, 3.8) is 0 Å². The quantitative estimate of drug-likeness (QED) is 0.448. The number of carbonyl (C=O) groups is 2. The first-order valence-electron chi connectivity index (χ1n) is 10.3. The summed E-state index contributed by atoms with van der Waals surface area (Å²) in [6.07, 6.45) is 2.18. The Morgan fingerprint density at radius 2 is 1.97 bits per heavy atom. The molecule has 1 unspecified atom stereocenters. The predicted molar refractivity (Wildman–Crippen MR) is 113 cm³/mol. The van der Waals surface area contributed by atoms with Crippen LogP contribution in [0.2, 0.25) is 0 Å². The molecule has 0 aliphatic carbocycles. The maximum atomic E-state index is 11.4. The summed E-state index contributed by atoms with van der Waals surface area (Å²) in [7, 11) is 1.51. The number of ether oxygens (including phenoxy) is 2. The van der Waals surface area contributed by atoms with Crippen molar-refractivity contribution in [3.05, 3.63) is 36.2 Å². The number of primary amides is 1. The maximum absolute atomic E-state index is 11.4. The molecule has 0 aliphatic heterocycles. The Labute approximate surface area is 179 Å². The molecule has 1 atom stereocenters. The van der Waals surface area contributed by atoms with E-state index in [9.17, 15) is 9.59 Å². The smallest absolute Gasteiger partial charge is 0.405 e. The third-order valence-corrected chi connectivity index (χ3v) is 4.90. The van der Waals surface area contributed by atoms with Crippen molar-refractivity contribution in [1.82, 2.24) is 15.2 Å². The minimum atomic E-state index is -0.920. The largest absolute Gasteiger partial charge is 0.480 e. The van der Waals surface area contributed by atoms with E-state index in [1.807, 2.05) is 37.3 Å². The minimum absolute atomic E-state index is 0.147. The van der Waals surface area contributed by atoms with Crippen LogP contribution in [-0.2, 0) is 9.53 Å². The first kappa shape index (κ1) is 22.2. The zero-order chi connectivity index (χ0) is 22.2. The summed E-state index contributed by atoms with van der Waals surface area (Å²) < 4.78 is 16.4. The van der Waals surface area contributed by atoms with Crippen LogP contribution in [0.15, 0.2) is 34.7 Å². The number of para-hydroxylation sites is 1. The van der Waals surface area contributed by atoms with E-state index in [-0.39, 0.29) is 17.6 Å². The summed E-state index contributed by atoms with van der Waals surface area (Å²) in [5, 5.41) is 9.04. The van der Waals surface area contributed by atoms with Crippen LogP contribution in [0.3, 0.4) is 0 Å². The van der Waals surface area contributed by atoms with Gasteiger partial charge in [-0.15, -0.1) is 10.2 Å². The SMILES string of the molecule is CCC(=O)CCCCCC(OC(N)=O)c1nnc(-c2cc3ccccc3nc2OC)o1. The van der Waals surface area contributed by atoms with Crippen LogP contribution in [-0.4, -0.2) is 34.2 Å². The molecule has 31 heavy (non-hydrogen) atoms. The molecule has 9 heteroatoms. The zero-order valence-corrected chi connectivity index (χ0v) is 17.7. The van der Waals surface area contributed by atoms with Gasteiger partial charge in [0.2, 0.25) is 5.88 Å². The van der Waals surface area contributed by atoms with E-state index in [1.54, 1.807) is 0 Å². The highest BCUT2D eigenvalue weighted by atomic mass is 16.6. The van der Waals surface area contributed by atoms with Crippen molar-refractivity contribution in [2.24, 2.45) is 5.73 Å². The third kappa shape index (κ3) is 5.78. The van der Waals surface area contributed by atoms with Gasteiger partial charge in [0.05, 0.1) is 12.6 Å². The lowest BCUT2D eigenvalue weighted by molar-refractivity contribution is -0.118. The molecule has 9 nitrogen and oxygen atoms in total. The fourth-order valence-electron chi connectivity index (χ4n) is 3.26. The molecule has 0 saturated heterocycles. The van der Waals surface area contributed by atoms with Crippen LogP contribution < -0.4 is 10.5 Å². The molecule has 0 saturated carbocycles. The normalized spacial score (nSPS) is 11.9. The summed E-state index contributed by atoms with van der Waals surface area (Å²) in [5.74, 6) is 0.941. The van der Waals surface area contributed by atoms with Gasteiger partial charge in [-0.3, -0.25) is 4.79 Å². The van der Waals surface area contributed by atoms with Gasteiger partial charge in [0.1, 0.15) is 11.3 Å². The summed E-state index contributed by atoms with van der Waals surface area (Å²) in [5.41, 5.74) is 6.53. The number of methoxy groups -OCH3 is 1. The molecule has 0 bridgehead atoms. The number of ketones is 1. The van der Waals surface area contributed by atoms with Gasteiger partial charge in [-0.25, -0.2) is 9.78 Å². The Morgan fingerprint density at radius 3 is 2.71 bits per heavy atom. The van der Waals surface area contributed by atoms with Crippen LogP contribution in [0.4, 0.5) is 4.79 Å². The van der Waals surface area contributed by atoms with Crippen LogP contribution >= 0.6 is 0 Å². The fourth-order valence-corrected chi connectivity index (χ4v) is 3.26. The van der Waals surface area contributed by atoms with E-state index in [4.69, 9.17) is 19.6 Å². The number of aromatic nitrogens is 3. The second-order valence-corrected chi connectivity index (χ2v) is 7.10. The summed E-state index contributed by atoms with van der Waals surface area (Å²) >= 11 is 0. The van der Waals surface area contributed by atoms with E-state index in [0.29, 0.717) is 37.1 Å². The van der Waals surface area contributed by atoms with Crippen LogP contribution in [0.1, 0.15) is 57.4 Å². The Hall–Kier alpha value is -3.49. The molecule has 3 aromatic rings. The lowest BCUT2D eigenvalue weighted by Crippen LogP contribution is -2.17. The molecule has 2 N–H and O–H groups in total. The molecule has 0 spiro atoms. The second-order valence-electron chi connectivity index (χ2n) is 7.10. The highest BCUT2D eigenvalue weighted by Gasteiger charge is 2.24. The molecule has 164 valence electrons. The number of pyridine rings is 1. The summed E-state index contributed by atoms with van der Waals surface area (Å²) in [6, 6.07) is 9.46. The van der Waals surface area contributed by atoms with Gasteiger partial charge in [0.15, 0.2) is 6.10 Å². The zero-order valence-electron chi connectivity index (χ0n) is 17.7. The van der Waals surface area contributed by atoms with Gasteiger partial charge in [0, 0.05) is 18.2 Å². The summed E-state index contributed by atoms with van der Waals surface area (Å²) in [4.78, 5) is 27.3. The molecule has 2 aromatic heterocycles. The number of Topliss-reactive ketones (excluding diaryl/α,β-unsaturated/α-hetero) is 1. The van der Waals surface area contributed by atoms with Gasteiger partial charge < -0.3 is 19.6 Å². The average molecular weight is 426 g/mol. The van der Waals surface area contributed by atoms with Crippen LogP contribution in [0, 0.1) is 0 Å². The topological polar surface area (TPSA) is 130 Å². The van der Waals surface area contributed by atoms with Gasteiger partial charge in [0.25, 0.3) is 11.8 Å². The third-order valence-electron chi connectivity index (χ3n) is 4.90. The molecule has 0 radical (unpaired) electrons. The Bertz CT molecular complexity index is 1050. The number of nitrogens with zero attached hydrogens (tertiary/aromatic N) is 3. The number of nitrogens with two attached hydrogens (primary N) is 1. The van der Waals surface area contributed by atoms with Crippen LogP contribution in [0.25, 0.3) is 22.4 Å². The van der Waals surface area contributed by atoms with Crippen molar-refractivity contribution in [3.8, 4) is 17.3 Å². The molecule has 3 rings (SSSR count). The van der Waals surface area contributed by atoms with Crippen molar-refractivity contribution in [2.75, 3.05) is 7.11 Å². The molecule has 1 aromatic carbocycles. The first-order chi connectivity index (χ1) is 15.0. The van der Waals surface area contributed by atoms with Crippen molar-refractivity contribution in [2.45, 2.75) is 51.6 Å². The second kappa shape index (κ2) is 10.5. The molecule has 0 fully saturated rings. The van der Waals surface area contributed by atoms with E-state index >= 15 is 0 Å². The van der Waals surface area contributed by atoms with Crippen LogP contribution in [0.5, 0.6) is 5.88 Å². The van der Waals surface area contributed by atoms with E-state index in [0.717, 1.165) is 23.7 Å². The van der Waals surface area contributed by atoms with Gasteiger partial charge in [-0.2, -0.15) is 0 Å². The van der Waals surface area contributed by atoms with Crippen molar-refractivity contribution >= 4 is 22.8 Å². The molecule has 0 aliphatic rings. The van der Waals surface area contributed by atoms with Crippen molar-refractivity contribution in [1.29, 1.82) is 0 Å². The number of carbonyl (C=O) groups excluding carboxylic acids is 2. The lowest BCUT2D eigenvalue weighted by atomic mass is 10.1. The number of unbranched alkanes of at least 4 members (excludes halogenated alkanes) is 2. The number of fused-ring (bicyclic) bond motifs is 1. The number of amides is 1. The van der Waals surface area contributed by atoms with Crippen molar-refractivity contribution < 1.29 is 23.5 Å². The fraction of sp³-hybridized carbons (Fsp3) is 0.409. The number of rotatable bonds is 11. The van der Waals surface area contributed by atoms with E-state index < -0.39 is 12.2 Å². The Morgan fingerprint density at radius 1 is 1.16 bits per heavy atom. The van der Waals surface area contributed by atoms with E-state index in [1.165, 1.54) is 7.11 Å².